The molecule has 0 fully saturated rings. The van der Waals surface area contributed by atoms with Crippen molar-refractivity contribution in [2.45, 2.75) is 33.1 Å². The van der Waals surface area contributed by atoms with E-state index in [1.54, 1.807) is 12.1 Å². The van der Waals surface area contributed by atoms with Gasteiger partial charge in [0.15, 0.2) is 5.78 Å². The highest BCUT2D eigenvalue weighted by molar-refractivity contribution is 6.35. The van der Waals surface area contributed by atoms with Crippen LogP contribution in [0.2, 0.25) is 10.0 Å². The van der Waals surface area contributed by atoms with Crippen LogP contribution >= 0.6 is 23.2 Å². The highest BCUT2D eigenvalue weighted by Gasteiger charge is 2.32. The summed E-state index contributed by atoms with van der Waals surface area (Å²) in [6.45, 7) is 4.43. The fourth-order valence-electron chi connectivity index (χ4n) is 2.51. The van der Waals surface area contributed by atoms with Gasteiger partial charge in [0.25, 0.3) is 0 Å². The van der Waals surface area contributed by atoms with E-state index in [2.05, 4.69) is 4.99 Å². The molecule has 0 aliphatic heterocycles. The summed E-state index contributed by atoms with van der Waals surface area (Å²) in [6.07, 6.45) is 3.07. The average molecular weight is 340 g/mol. The number of carbonyl (C=O) groups excluding carboxylic acids is 1. The Hall–Kier alpha value is -1.32. The Labute approximate surface area is 140 Å². The Morgan fingerprint density at radius 2 is 2.05 bits per heavy atom. The van der Waals surface area contributed by atoms with Gasteiger partial charge in [-0.1, -0.05) is 43.1 Å². The smallest absolute Gasteiger partial charge is 0.168 e. The topological polar surface area (TPSA) is 49.7 Å². The van der Waals surface area contributed by atoms with E-state index in [4.69, 9.17) is 23.2 Å². The molecule has 22 heavy (non-hydrogen) atoms. The second-order valence-electron chi connectivity index (χ2n) is 6.32. The summed E-state index contributed by atoms with van der Waals surface area (Å²) in [7, 11) is 0. The van der Waals surface area contributed by atoms with Crippen LogP contribution < -0.4 is 0 Å². The van der Waals surface area contributed by atoms with Crippen molar-refractivity contribution in [3.05, 3.63) is 45.1 Å². The van der Waals surface area contributed by atoms with Gasteiger partial charge in [-0.05, 0) is 29.5 Å². The number of ketones is 1. The summed E-state index contributed by atoms with van der Waals surface area (Å²) in [5.41, 5.74) is 1.11. The summed E-state index contributed by atoms with van der Waals surface area (Å²) in [6, 6.07) is 5.35. The minimum Gasteiger partial charge on any atom is -0.511 e. The lowest BCUT2D eigenvalue weighted by Crippen LogP contribution is -2.26. The molecule has 0 saturated carbocycles. The molecule has 0 aromatic heterocycles. The number of hydrogen-bond donors (Lipinski definition) is 1. The van der Waals surface area contributed by atoms with E-state index in [9.17, 15) is 9.90 Å². The molecule has 0 unspecified atom stereocenters. The molecule has 0 saturated heterocycles. The minimum atomic E-state index is -0.185. The predicted molar refractivity (Wildman–Crippen MR) is 91.2 cm³/mol. The monoisotopic (exact) mass is 339 g/mol. The Balaban J connectivity index is 1.99. The fraction of sp³-hybridized carbons (Fsp3) is 0.412. The molecule has 2 rings (SSSR count). The Morgan fingerprint density at radius 3 is 2.68 bits per heavy atom. The third-order valence-electron chi connectivity index (χ3n) is 3.64. The highest BCUT2D eigenvalue weighted by atomic mass is 35.5. The molecule has 0 bridgehead atoms. The van der Waals surface area contributed by atoms with Crippen LogP contribution in [0, 0.1) is 5.41 Å². The third-order valence-corrected chi connectivity index (χ3v) is 4.23. The van der Waals surface area contributed by atoms with Gasteiger partial charge in [-0.25, -0.2) is 0 Å². The van der Waals surface area contributed by atoms with Gasteiger partial charge in [-0.15, -0.1) is 0 Å². The predicted octanol–water partition coefficient (Wildman–Crippen LogP) is 4.81. The minimum absolute atomic E-state index is 0.0537. The van der Waals surface area contributed by atoms with Gasteiger partial charge in [0.05, 0.1) is 5.57 Å². The van der Waals surface area contributed by atoms with Crippen LogP contribution in [-0.2, 0) is 11.2 Å². The number of hydrogen-bond acceptors (Lipinski definition) is 3. The van der Waals surface area contributed by atoms with Gasteiger partial charge in [0.1, 0.15) is 5.76 Å². The van der Waals surface area contributed by atoms with Gasteiger partial charge >= 0.3 is 0 Å². The van der Waals surface area contributed by atoms with Gasteiger partial charge in [-0.2, -0.15) is 0 Å². The molecule has 0 heterocycles. The van der Waals surface area contributed by atoms with Crippen LogP contribution in [0.5, 0.6) is 0 Å². The maximum absolute atomic E-state index is 12.0. The van der Waals surface area contributed by atoms with Crippen molar-refractivity contribution in [1.82, 2.24) is 0 Å². The molecule has 118 valence electrons. The summed E-state index contributed by atoms with van der Waals surface area (Å²) >= 11 is 11.9. The molecule has 1 aliphatic carbocycles. The number of rotatable bonds is 4. The number of halogens is 2. The second-order valence-corrected chi connectivity index (χ2v) is 7.17. The van der Waals surface area contributed by atoms with Crippen molar-refractivity contribution >= 4 is 35.2 Å². The lowest BCUT2D eigenvalue weighted by molar-refractivity contribution is -0.117. The quantitative estimate of drug-likeness (QED) is 0.800. The number of benzene rings is 1. The van der Waals surface area contributed by atoms with Crippen molar-refractivity contribution in [1.29, 1.82) is 0 Å². The largest absolute Gasteiger partial charge is 0.511 e. The molecule has 1 aromatic carbocycles. The van der Waals surface area contributed by atoms with Crippen molar-refractivity contribution < 1.29 is 9.90 Å². The van der Waals surface area contributed by atoms with Crippen molar-refractivity contribution in [2.75, 3.05) is 6.54 Å². The molecule has 0 atom stereocenters. The van der Waals surface area contributed by atoms with Crippen LogP contribution in [0.15, 0.2) is 34.5 Å². The van der Waals surface area contributed by atoms with E-state index in [0.717, 1.165) is 5.56 Å². The zero-order valence-electron chi connectivity index (χ0n) is 12.7. The lowest BCUT2D eigenvalue weighted by Gasteiger charge is -2.28. The molecule has 0 radical (unpaired) electrons. The number of nitrogens with zero attached hydrogens (tertiary/aromatic N) is 1. The first-order valence-corrected chi connectivity index (χ1v) is 7.93. The van der Waals surface area contributed by atoms with E-state index in [1.165, 1.54) is 6.21 Å². The normalized spacial score (nSPS) is 18.3. The number of aliphatic hydroxyl groups is 1. The van der Waals surface area contributed by atoms with Crippen molar-refractivity contribution in [3.8, 4) is 0 Å². The number of allylic oxidation sites excluding steroid dienone is 2. The maximum Gasteiger partial charge on any atom is 0.168 e. The Kier molecular flexibility index (Phi) is 5.30. The SMILES string of the molecule is CC1(C)CC(=O)C(C=NCCc2ccc(Cl)cc2Cl)=C(O)C1. The first-order valence-electron chi connectivity index (χ1n) is 7.17. The maximum atomic E-state index is 12.0. The van der Waals surface area contributed by atoms with Gasteiger partial charge in [-0.3, -0.25) is 9.79 Å². The molecule has 3 nitrogen and oxygen atoms in total. The van der Waals surface area contributed by atoms with Crippen LogP contribution in [0.1, 0.15) is 32.3 Å². The van der Waals surface area contributed by atoms with E-state index in [1.807, 2.05) is 19.9 Å². The van der Waals surface area contributed by atoms with E-state index >= 15 is 0 Å². The Bertz CT molecular complexity index is 648. The molecule has 0 spiro atoms. The van der Waals surface area contributed by atoms with E-state index < -0.39 is 0 Å². The van der Waals surface area contributed by atoms with Crippen LogP contribution in [0.4, 0.5) is 0 Å². The third kappa shape index (κ3) is 4.34. The van der Waals surface area contributed by atoms with Gasteiger partial charge in [0, 0.05) is 35.6 Å². The Morgan fingerprint density at radius 1 is 1.32 bits per heavy atom. The van der Waals surface area contributed by atoms with Crippen LogP contribution in [0.25, 0.3) is 0 Å². The molecule has 1 N–H and O–H groups in total. The van der Waals surface area contributed by atoms with Crippen molar-refractivity contribution in [2.24, 2.45) is 10.4 Å². The summed E-state index contributed by atoms with van der Waals surface area (Å²) in [5.74, 6) is 0.0801. The summed E-state index contributed by atoms with van der Waals surface area (Å²) in [4.78, 5) is 16.3. The molecular weight excluding hydrogens is 321 g/mol. The summed E-state index contributed by atoms with van der Waals surface area (Å²) < 4.78 is 0. The molecule has 5 heteroatoms. The molecular formula is C17H19Cl2NO2. The highest BCUT2D eigenvalue weighted by Crippen LogP contribution is 2.35. The fourth-order valence-corrected chi connectivity index (χ4v) is 3.02. The van der Waals surface area contributed by atoms with E-state index in [0.29, 0.717) is 41.4 Å². The standard InChI is InChI=1S/C17H19Cl2NO2/c1-17(2)8-15(21)13(16(22)9-17)10-20-6-5-11-3-4-12(18)7-14(11)19/h3-4,7,10,21H,5-6,8-9H2,1-2H3. The van der Waals surface area contributed by atoms with Crippen LogP contribution in [0.3, 0.4) is 0 Å². The summed E-state index contributed by atoms with van der Waals surface area (Å²) in [5, 5.41) is 11.2. The zero-order chi connectivity index (χ0) is 16.3. The number of aliphatic imine (C=N–C) groups is 1. The first-order chi connectivity index (χ1) is 10.3. The molecule has 1 aromatic rings. The van der Waals surface area contributed by atoms with Crippen molar-refractivity contribution in [3.63, 3.8) is 0 Å². The van der Waals surface area contributed by atoms with Gasteiger partial charge in [0.2, 0.25) is 0 Å². The first kappa shape index (κ1) is 17.0. The number of aliphatic hydroxyl groups excluding tert-OH is 1. The van der Waals surface area contributed by atoms with Gasteiger partial charge < -0.3 is 5.11 Å². The second kappa shape index (κ2) is 6.84. The van der Waals surface area contributed by atoms with Crippen LogP contribution in [-0.4, -0.2) is 23.6 Å². The lowest BCUT2D eigenvalue weighted by atomic mass is 9.77. The zero-order valence-corrected chi connectivity index (χ0v) is 14.2. The number of carbonyl (C=O) groups is 1. The van der Waals surface area contributed by atoms with E-state index in [-0.39, 0.29) is 17.0 Å². The average Bonchev–Trinajstić information content (AvgIpc) is 2.37. The number of Topliss-reactive ketones (excluding diaryl/α,β-unsaturated/α-hetero) is 1. The molecule has 0 amide bonds. The molecule has 1 aliphatic rings.